The first kappa shape index (κ1) is 17.7. The predicted octanol–water partition coefficient (Wildman–Crippen LogP) is 3.56. The number of rotatable bonds is 4. The number of nitrogens with one attached hydrogen (secondary N) is 1. The summed E-state index contributed by atoms with van der Waals surface area (Å²) in [5.41, 5.74) is 9.74. The van der Waals surface area contributed by atoms with Crippen LogP contribution < -0.4 is 11.1 Å². The molecule has 1 fully saturated rings. The number of nitrogen functional groups attached to an aromatic ring is 1. The van der Waals surface area contributed by atoms with Crippen LogP contribution in [0.1, 0.15) is 25.7 Å². The van der Waals surface area contributed by atoms with E-state index < -0.39 is 0 Å². The summed E-state index contributed by atoms with van der Waals surface area (Å²) >= 11 is 0. The molecule has 0 radical (unpaired) electrons. The number of fused-ring (bicyclic) bond motifs is 1. The molecule has 4 rings (SSSR count). The van der Waals surface area contributed by atoms with Gasteiger partial charge in [0, 0.05) is 41.1 Å². The van der Waals surface area contributed by atoms with Crippen molar-refractivity contribution in [2.45, 2.75) is 37.8 Å². The Morgan fingerprint density at radius 3 is 2.63 bits per heavy atom. The van der Waals surface area contributed by atoms with Crippen molar-refractivity contribution >= 4 is 22.4 Å². The molecule has 1 aliphatic carbocycles. The molecule has 0 bridgehead atoms. The Hall–Kier alpha value is -2.73. The molecule has 6 nitrogen and oxygen atoms in total. The van der Waals surface area contributed by atoms with Crippen molar-refractivity contribution in [2.75, 3.05) is 25.1 Å². The zero-order valence-electron chi connectivity index (χ0n) is 15.9. The van der Waals surface area contributed by atoms with Gasteiger partial charge in [0.15, 0.2) is 0 Å². The van der Waals surface area contributed by atoms with Gasteiger partial charge < -0.3 is 16.0 Å². The molecule has 2 heterocycles. The highest BCUT2D eigenvalue weighted by atomic mass is 15.1. The van der Waals surface area contributed by atoms with Gasteiger partial charge in [-0.2, -0.15) is 0 Å². The van der Waals surface area contributed by atoms with Crippen LogP contribution in [0.3, 0.4) is 0 Å². The van der Waals surface area contributed by atoms with E-state index >= 15 is 0 Å². The number of hydrogen-bond acceptors (Lipinski definition) is 6. The third kappa shape index (κ3) is 3.71. The average molecular weight is 362 g/mol. The van der Waals surface area contributed by atoms with E-state index in [2.05, 4.69) is 45.3 Å². The molecule has 27 heavy (non-hydrogen) atoms. The molecule has 0 atom stereocenters. The Labute approximate surface area is 159 Å². The highest BCUT2D eigenvalue weighted by molar-refractivity contribution is 5.93. The van der Waals surface area contributed by atoms with Crippen molar-refractivity contribution in [3.63, 3.8) is 0 Å². The van der Waals surface area contributed by atoms with Crippen molar-refractivity contribution in [1.29, 1.82) is 0 Å². The Kier molecular flexibility index (Phi) is 4.90. The third-order valence-corrected chi connectivity index (χ3v) is 5.57. The molecule has 1 aliphatic rings. The van der Waals surface area contributed by atoms with Gasteiger partial charge in [0.2, 0.25) is 0 Å². The van der Waals surface area contributed by atoms with Crippen LogP contribution in [0.2, 0.25) is 0 Å². The van der Waals surface area contributed by atoms with E-state index in [1.165, 1.54) is 12.8 Å². The van der Waals surface area contributed by atoms with Crippen LogP contribution in [-0.4, -0.2) is 46.0 Å². The lowest BCUT2D eigenvalue weighted by Crippen LogP contribution is -2.36. The predicted molar refractivity (Wildman–Crippen MR) is 111 cm³/mol. The SMILES string of the molecule is CN(C)C1CCC(Nc2ncnc3ccc(-c4cnccc4N)cc23)CC1. The van der Waals surface area contributed by atoms with E-state index in [0.717, 1.165) is 46.4 Å². The molecule has 6 heteroatoms. The highest BCUT2D eigenvalue weighted by Gasteiger charge is 2.23. The second kappa shape index (κ2) is 7.48. The lowest BCUT2D eigenvalue weighted by molar-refractivity contribution is 0.221. The van der Waals surface area contributed by atoms with E-state index in [9.17, 15) is 0 Å². The zero-order chi connectivity index (χ0) is 18.8. The average Bonchev–Trinajstić information content (AvgIpc) is 2.69. The Morgan fingerprint density at radius 2 is 1.89 bits per heavy atom. The first-order valence-electron chi connectivity index (χ1n) is 9.49. The normalized spacial score (nSPS) is 20.1. The molecular formula is C21H26N6. The molecule has 140 valence electrons. The van der Waals surface area contributed by atoms with Crippen molar-refractivity contribution < 1.29 is 0 Å². The standard InChI is InChI=1S/C21H26N6/c1-27(2)16-6-4-15(5-7-16)26-21-17-11-14(3-8-20(17)24-13-25-21)18-12-23-10-9-19(18)22/h3,8-13,15-16H,4-7H2,1-2H3,(H2,22,23)(H,24,25,26). The van der Waals surface area contributed by atoms with E-state index in [-0.39, 0.29) is 0 Å². The fourth-order valence-corrected chi connectivity index (χ4v) is 3.92. The number of hydrogen-bond donors (Lipinski definition) is 2. The molecule has 3 aromatic rings. The molecule has 2 aromatic heterocycles. The summed E-state index contributed by atoms with van der Waals surface area (Å²) in [6.07, 6.45) is 9.88. The van der Waals surface area contributed by atoms with Crippen LogP contribution in [0.15, 0.2) is 43.0 Å². The minimum Gasteiger partial charge on any atom is -0.398 e. The quantitative estimate of drug-likeness (QED) is 0.739. The number of pyridine rings is 1. The third-order valence-electron chi connectivity index (χ3n) is 5.57. The Morgan fingerprint density at radius 1 is 1.07 bits per heavy atom. The summed E-state index contributed by atoms with van der Waals surface area (Å²) in [5, 5.41) is 4.68. The summed E-state index contributed by atoms with van der Waals surface area (Å²) in [6, 6.07) is 9.12. The second-order valence-electron chi connectivity index (χ2n) is 7.53. The first-order valence-corrected chi connectivity index (χ1v) is 9.49. The van der Waals surface area contributed by atoms with Crippen molar-refractivity contribution in [2.24, 2.45) is 0 Å². The summed E-state index contributed by atoms with van der Waals surface area (Å²) in [7, 11) is 4.34. The van der Waals surface area contributed by atoms with Gasteiger partial charge in [0.1, 0.15) is 12.1 Å². The van der Waals surface area contributed by atoms with Crippen LogP contribution in [-0.2, 0) is 0 Å². The molecule has 1 saturated carbocycles. The van der Waals surface area contributed by atoms with Gasteiger partial charge in [0.25, 0.3) is 0 Å². The molecule has 0 amide bonds. The number of anilines is 2. The van der Waals surface area contributed by atoms with Crippen molar-refractivity contribution in [1.82, 2.24) is 19.9 Å². The van der Waals surface area contributed by atoms with E-state index in [4.69, 9.17) is 5.73 Å². The molecule has 3 N–H and O–H groups in total. The number of benzene rings is 1. The fourth-order valence-electron chi connectivity index (χ4n) is 3.92. The van der Waals surface area contributed by atoms with Crippen LogP contribution in [0.25, 0.3) is 22.0 Å². The maximum absolute atomic E-state index is 6.13. The second-order valence-corrected chi connectivity index (χ2v) is 7.53. The molecule has 0 aliphatic heterocycles. The highest BCUT2D eigenvalue weighted by Crippen LogP contribution is 2.31. The molecule has 1 aromatic carbocycles. The maximum Gasteiger partial charge on any atom is 0.137 e. The Bertz CT molecular complexity index is 931. The zero-order valence-corrected chi connectivity index (χ0v) is 15.9. The minimum absolute atomic E-state index is 0.450. The van der Waals surface area contributed by atoms with Gasteiger partial charge in [-0.3, -0.25) is 4.98 Å². The van der Waals surface area contributed by atoms with Crippen LogP contribution in [0, 0.1) is 0 Å². The Balaban J connectivity index is 1.62. The van der Waals surface area contributed by atoms with Gasteiger partial charge in [-0.25, -0.2) is 9.97 Å². The number of nitrogens with zero attached hydrogens (tertiary/aromatic N) is 4. The van der Waals surface area contributed by atoms with E-state index in [0.29, 0.717) is 12.1 Å². The maximum atomic E-state index is 6.13. The molecule has 0 spiro atoms. The summed E-state index contributed by atoms with van der Waals surface area (Å²) < 4.78 is 0. The van der Waals surface area contributed by atoms with Crippen LogP contribution in [0.5, 0.6) is 0 Å². The fraction of sp³-hybridized carbons (Fsp3) is 0.381. The van der Waals surface area contributed by atoms with Crippen LogP contribution in [0.4, 0.5) is 11.5 Å². The lowest BCUT2D eigenvalue weighted by atomic mass is 9.90. The molecular weight excluding hydrogens is 336 g/mol. The van der Waals surface area contributed by atoms with Crippen molar-refractivity contribution in [3.8, 4) is 11.1 Å². The molecule has 0 unspecified atom stereocenters. The minimum atomic E-state index is 0.450. The van der Waals surface area contributed by atoms with Crippen LogP contribution >= 0.6 is 0 Å². The van der Waals surface area contributed by atoms with Crippen molar-refractivity contribution in [3.05, 3.63) is 43.0 Å². The summed E-state index contributed by atoms with van der Waals surface area (Å²) in [6.45, 7) is 0. The van der Waals surface area contributed by atoms with Gasteiger partial charge in [0.05, 0.1) is 5.52 Å². The van der Waals surface area contributed by atoms with Gasteiger partial charge in [-0.15, -0.1) is 0 Å². The summed E-state index contributed by atoms with van der Waals surface area (Å²) in [4.78, 5) is 15.5. The smallest absolute Gasteiger partial charge is 0.137 e. The largest absolute Gasteiger partial charge is 0.398 e. The monoisotopic (exact) mass is 362 g/mol. The number of aromatic nitrogens is 3. The van der Waals surface area contributed by atoms with E-state index in [1.54, 1.807) is 18.7 Å². The first-order chi connectivity index (χ1) is 13.1. The van der Waals surface area contributed by atoms with E-state index in [1.807, 2.05) is 18.2 Å². The van der Waals surface area contributed by atoms with Gasteiger partial charge in [-0.1, -0.05) is 6.07 Å². The number of nitrogens with two attached hydrogens (primary N) is 1. The summed E-state index contributed by atoms with van der Waals surface area (Å²) in [5.74, 6) is 0.901. The topological polar surface area (TPSA) is 80.0 Å². The molecule has 0 saturated heterocycles. The van der Waals surface area contributed by atoms with Gasteiger partial charge in [-0.05, 0) is 63.5 Å². The lowest BCUT2D eigenvalue weighted by Gasteiger charge is -2.33. The van der Waals surface area contributed by atoms with Gasteiger partial charge >= 0.3 is 0 Å².